The van der Waals surface area contributed by atoms with E-state index in [-0.39, 0.29) is 23.6 Å². The molecule has 2 N–H and O–H groups in total. The van der Waals surface area contributed by atoms with Crippen LogP contribution in [0.5, 0.6) is 0 Å². The number of benzene rings is 1. The molecule has 8 nitrogen and oxygen atoms in total. The van der Waals surface area contributed by atoms with Crippen LogP contribution in [0.15, 0.2) is 48.7 Å². The number of fused-ring (bicyclic) bond motifs is 3. The van der Waals surface area contributed by atoms with Crippen molar-refractivity contribution >= 4 is 17.6 Å². The molecule has 3 unspecified atom stereocenters. The Kier molecular flexibility index (Phi) is 4.12. The largest absolute Gasteiger partial charge is 0.337 e. The number of hydrogen-bond acceptors (Lipinski definition) is 5. The van der Waals surface area contributed by atoms with E-state index in [9.17, 15) is 9.59 Å². The standard InChI is InChI=1S/C21H20N6O2/c1-27-19-13(8-5-9-22-19)14-11-15(14)17(21(27)29)24-20(28)18-23-16(25-26-18)10-12-6-3-2-4-7-12/h2-9,14-15,17H,10-11H2,1H3,(H,24,28)(H,23,25,26). The number of likely N-dealkylation sites (N-methyl/N-ethyl adjacent to an activating group) is 1. The molecular weight excluding hydrogens is 368 g/mol. The normalized spacial score (nSPS) is 22.4. The highest BCUT2D eigenvalue weighted by Gasteiger charge is 2.52. The predicted octanol–water partition coefficient (Wildman–Crippen LogP) is 1.67. The van der Waals surface area contributed by atoms with Crippen LogP contribution in [0.2, 0.25) is 0 Å². The van der Waals surface area contributed by atoms with Crippen molar-refractivity contribution in [2.24, 2.45) is 5.92 Å². The molecule has 5 rings (SSSR count). The van der Waals surface area contributed by atoms with E-state index in [0.717, 1.165) is 17.5 Å². The number of amides is 2. The molecule has 0 saturated heterocycles. The maximum absolute atomic E-state index is 13.0. The number of anilines is 1. The second-order valence-corrected chi connectivity index (χ2v) is 7.54. The van der Waals surface area contributed by atoms with Crippen molar-refractivity contribution in [1.29, 1.82) is 0 Å². The molecular formula is C21H20N6O2. The van der Waals surface area contributed by atoms with E-state index in [1.54, 1.807) is 13.2 Å². The summed E-state index contributed by atoms with van der Waals surface area (Å²) in [4.78, 5) is 35.9. The zero-order chi connectivity index (χ0) is 20.0. The van der Waals surface area contributed by atoms with Gasteiger partial charge in [0.05, 0.1) is 0 Å². The van der Waals surface area contributed by atoms with Crippen LogP contribution < -0.4 is 10.2 Å². The molecule has 0 spiro atoms. The Morgan fingerprint density at radius 2 is 2.07 bits per heavy atom. The molecule has 1 fully saturated rings. The molecule has 29 heavy (non-hydrogen) atoms. The first-order chi connectivity index (χ1) is 14.1. The molecule has 1 aromatic carbocycles. The van der Waals surface area contributed by atoms with E-state index in [4.69, 9.17) is 0 Å². The molecule has 0 radical (unpaired) electrons. The molecule has 3 heterocycles. The summed E-state index contributed by atoms with van der Waals surface area (Å²) < 4.78 is 0. The van der Waals surface area contributed by atoms with Gasteiger partial charge >= 0.3 is 0 Å². The minimum absolute atomic E-state index is 0.0449. The van der Waals surface area contributed by atoms with Crippen LogP contribution in [-0.4, -0.2) is 45.1 Å². The minimum atomic E-state index is -0.609. The van der Waals surface area contributed by atoms with Gasteiger partial charge in [-0.1, -0.05) is 36.4 Å². The van der Waals surface area contributed by atoms with Gasteiger partial charge in [0.1, 0.15) is 17.7 Å². The summed E-state index contributed by atoms with van der Waals surface area (Å²) in [6.45, 7) is 0. The van der Waals surface area contributed by atoms with Crippen LogP contribution in [0.4, 0.5) is 5.82 Å². The maximum Gasteiger partial charge on any atom is 0.291 e. The van der Waals surface area contributed by atoms with Gasteiger partial charge in [-0.05, 0) is 35.4 Å². The van der Waals surface area contributed by atoms with E-state index >= 15 is 0 Å². The molecule has 2 aromatic heterocycles. The van der Waals surface area contributed by atoms with Crippen LogP contribution in [-0.2, 0) is 11.2 Å². The SMILES string of the molecule is CN1C(=O)C(NC(=O)c2n[nH]c(Cc3ccccc3)n2)C2CC2c2cccnc21. The lowest BCUT2D eigenvalue weighted by Crippen LogP contribution is -2.48. The number of nitrogens with one attached hydrogen (secondary N) is 2. The number of aromatic nitrogens is 4. The average molecular weight is 388 g/mol. The van der Waals surface area contributed by atoms with Gasteiger partial charge < -0.3 is 5.32 Å². The van der Waals surface area contributed by atoms with Crippen molar-refractivity contribution in [1.82, 2.24) is 25.5 Å². The zero-order valence-electron chi connectivity index (χ0n) is 15.9. The van der Waals surface area contributed by atoms with E-state index in [1.807, 2.05) is 42.5 Å². The van der Waals surface area contributed by atoms with Gasteiger partial charge in [0.15, 0.2) is 0 Å². The molecule has 1 saturated carbocycles. The molecule has 1 aliphatic heterocycles. The van der Waals surface area contributed by atoms with Gasteiger partial charge in [0, 0.05) is 19.7 Å². The molecule has 0 bridgehead atoms. The highest BCUT2D eigenvalue weighted by Crippen LogP contribution is 2.53. The Hall–Kier alpha value is -3.55. The molecule has 146 valence electrons. The van der Waals surface area contributed by atoms with E-state index in [2.05, 4.69) is 25.5 Å². The highest BCUT2D eigenvalue weighted by molar-refractivity contribution is 6.02. The summed E-state index contributed by atoms with van der Waals surface area (Å²) in [5, 5.41) is 9.71. The third kappa shape index (κ3) is 3.16. The first-order valence-corrected chi connectivity index (χ1v) is 9.60. The van der Waals surface area contributed by atoms with Crippen molar-refractivity contribution in [3.63, 3.8) is 0 Å². The summed E-state index contributed by atoms with van der Waals surface area (Å²) in [5.74, 6) is 1.01. The Balaban J connectivity index is 1.32. The Morgan fingerprint density at radius 3 is 2.90 bits per heavy atom. The monoisotopic (exact) mass is 388 g/mol. The van der Waals surface area contributed by atoms with Crippen molar-refractivity contribution < 1.29 is 9.59 Å². The molecule has 3 aromatic rings. The van der Waals surface area contributed by atoms with Crippen molar-refractivity contribution in [2.45, 2.75) is 24.8 Å². The van der Waals surface area contributed by atoms with Gasteiger partial charge in [-0.25, -0.2) is 9.97 Å². The molecule has 2 aliphatic rings. The number of carbonyl (C=O) groups is 2. The van der Waals surface area contributed by atoms with Gasteiger partial charge in [-0.3, -0.25) is 19.6 Å². The van der Waals surface area contributed by atoms with Crippen molar-refractivity contribution in [3.8, 4) is 0 Å². The zero-order valence-corrected chi connectivity index (χ0v) is 15.9. The third-order valence-electron chi connectivity index (χ3n) is 5.63. The number of carbonyl (C=O) groups excluding carboxylic acids is 2. The first-order valence-electron chi connectivity index (χ1n) is 9.60. The lowest BCUT2D eigenvalue weighted by molar-refractivity contribution is -0.120. The number of pyridine rings is 1. The van der Waals surface area contributed by atoms with Crippen LogP contribution in [0, 0.1) is 5.92 Å². The summed E-state index contributed by atoms with van der Waals surface area (Å²) >= 11 is 0. The second-order valence-electron chi connectivity index (χ2n) is 7.54. The van der Waals surface area contributed by atoms with Crippen molar-refractivity contribution in [2.75, 3.05) is 11.9 Å². The van der Waals surface area contributed by atoms with E-state index < -0.39 is 11.9 Å². The topological polar surface area (TPSA) is 104 Å². The van der Waals surface area contributed by atoms with Gasteiger partial charge in [0.2, 0.25) is 5.82 Å². The summed E-state index contributed by atoms with van der Waals surface area (Å²) in [7, 11) is 1.70. The van der Waals surface area contributed by atoms with E-state index in [0.29, 0.717) is 18.1 Å². The second kappa shape index (κ2) is 6.80. The molecule has 3 atom stereocenters. The van der Waals surface area contributed by atoms with Crippen LogP contribution in [0.1, 0.15) is 39.9 Å². The minimum Gasteiger partial charge on any atom is -0.337 e. The van der Waals surface area contributed by atoms with Crippen LogP contribution in [0.25, 0.3) is 0 Å². The summed E-state index contributed by atoms with van der Waals surface area (Å²) in [6, 6.07) is 13.1. The van der Waals surface area contributed by atoms with Crippen LogP contribution >= 0.6 is 0 Å². The maximum atomic E-state index is 13.0. The van der Waals surface area contributed by atoms with Crippen molar-refractivity contribution in [3.05, 3.63) is 71.4 Å². The number of H-pyrrole nitrogens is 1. The van der Waals surface area contributed by atoms with Gasteiger partial charge in [-0.15, -0.1) is 5.10 Å². The van der Waals surface area contributed by atoms with Gasteiger partial charge in [-0.2, -0.15) is 0 Å². The first kappa shape index (κ1) is 17.5. The third-order valence-corrected chi connectivity index (χ3v) is 5.63. The number of aromatic amines is 1. The van der Waals surface area contributed by atoms with Crippen LogP contribution in [0.3, 0.4) is 0 Å². The molecule has 2 amide bonds. The fourth-order valence-electron chi connectivity index (χ4n) is 4.06. The van der Waals surface area contributed by atoms with E-state index in [1.165, 1.54) is 4.90 Å². The average Bonchev–Trinajstić information content (AvgIpc) is 3.41. The lowest BCUT2D eigenvalue weighted by atomic mass is 10.1. The Bertz CT molecular complexity index is 1080. The fraction of sp³-hybridized carbons (Fsp3) is 0.286. The Morgan fingerprint density at radius 1 is 1.24 bits per heavy atom. The highest BCUT2D eigenvalue weighted by atomic mass is 16.2. The predicted molar refractivity (Wildman–Crippen MR) is 105 cm³/mol. The smallest absolute Gasteiger partial charge is 0.291 e. The van der Waals surface area contributed by atoms with Gasteiger partial charge in [0.25, 0.3) is 11.8 Å². The quantitative estimate of drug-likeness (QED) is 0.708. The number of nitrogens with zero attached hydrogens (tertiary/aromatic N) is 4. The molecule has 8 heteroatoms. The molecule has 1 aliphatic carbocycles. The summed E-state index contributed by atoms with van der Waals surface area (Å²) in [5.41, 5.74) is 2.13. The fourth-order valence-corrected chi connectivity index (χ4v) is 4.06. The number of rotatable bonds is 4. The Labute approximate surface area is 167 Å². The number of hydrogen-bond donors (Lipinski definition) is 2. The lowest BCUT2D eigenvalue weighted by Gasteiger charge is -2.22. The summed E-state index contributed by atoms with van der Waals surface area (Å²) in [6.07, 6.45) is 3.09.